The average Bonchev–Trinajstić information content (AvgIpc) is 2.10. The van der Waals surface area contributed by atoms with Crippen molar-refractivity contribution in [1.82, 2.24) is 10.6 Å². The highest BCUT2D eigenvalue weighted by Gasteiger charge is 1.88. The third-order valence-electron chi connectivity index (χ3n) is 1.79. The van der Waals surface area contributed by atoms with E-state index in [0.29, 0.717) is 6.61 Å². The molecule has 0 heterocycles. The minimum Gasteiger partial charge on any atom is -0.396 e. The smallest absolute Gasteiger partial charge is 0.0431 e. The fraction of sp³-hybridized carbons (Fsp3) is 1.00. The van der Waals surface area contributed by atoms with Gasteiger partial charge in [0.05, 0.1) is 0 Å². The Labute approximate surface area is 75.6 Å². The van der Waals surface area contributed by atoms with Crippen LogP contribution in [0, 0.1) is 0 Å². The molecule has 0 amide bonds. The third kappa shape index (κ3) is 9.88. The van der Waals surface area contributed by atoms with E-state index >= 15 is 0 Å². The molecule has 0 fully saturated rings. The molecule has 0 rings (SSSR count). The van der Waals surface area contributed by atoms with Crippen molar-refractivity contribution in [3.8, 4) is 0 Å². The molecule has 0 aliphatic carbocycles. The lowest BCUT2D eigenvalue weighted by atomic mass is 10.2. The van der Waals surface area contributed by atoms with Gasteiger partial charge in [-0.3, -0.25) is 0 Å². The maximum absolute atomic E-state index is 8.51. The first kappa shape index (κ1) is 11.9. The molecule has 0 saturated carbocycles. The van der Waals surface area contributed by atoms with Crippen LogP contribution in [0.25, 0.3) is 0 Å². The summed E-state index contributed by atoms with van der Waals surface area (Å²) in [5.41, 5.74) is 0. The van der Waals surface area contributed by atoms with Crippen molar-refractivity contribution in [3.05, 3.63) is 0 Å². The van der Waals surface area contributed by atoms with Crippen LogP contribution in [0.15, 0.2) is 0 Å². The number of hydrogen-bond acceptors (Lipinski definition) is 3. The van der Waals surface area contributed by atoms with Crippen LogP contribution in [-0.2, 0) is 0 Å². The molecule has 74 valence electrons. The molecular weight excluding hydrogens is 152 g/mol. The van der Waals surface area contributed by atoms with E-state index < -0.39 is 0 Å². The molecule has 0 saturated heterocycles. The topological polar surface area (TPSA) is 44.3 Å². The second-order valence-corrected chi connectivity index (χ2v) is 2.99. The van der Waals surface area contributed by atoms with Gasteiger partial charge in [-0.25, -0.2) is 0 Å². The molecule has 0 aliphatic rings. The number of hydrogen-bond donors (Lipinski definition) is 3. The standard InChI is InChI=1S/C9H22N2O/c1-10-6-5-8-11-7-3-2-4-9-12/h10-12H,2-9H2,1H3. The first-order valence-electron chi connectivity index (χ1n) is 4.88. The van der Waals surface area contributed by atoms with Gasteiger partial charge in [-0.1, -0.05) is 0 Å². The Morgan fingerprint density at radius 2 is 1.67 bits per heavy atom. The van der Waals surface area contributed by atoms with Gasteiger partial charge in [-0.05, 0) is 52.4 Å². The molecule has 12 heavy (non-hydrogen) atoms. The number of aliphatic hydroxyl groups is 1. The quantitative estimate of drug-likeness (QED) is 0.442. The van der Waals surface area contributed by atoms with Crippen LogP contribution in [0.3, 0.4) is 0 Å². The fourth-order valence-electron chi connectivity index (χ4n) is 1.05. The summed E-state index contributed by atoms with van der Waals surface area (Å²) in [5.74, 6) is 0. The van der Waals surface area contributed by atoms with E-state index in [1.807, 2.05) is 7.05 Å². The fourth-order valence-corrected chi connectivity index (χ4v) is 1.05. The molecule has 0 aliphatic heterocycles. The SMILES string of the molecule is CNCCCNCCCCCO. The van der Waals surface area contributed by atoms with E-state index in [9.17, 15) is 0 Å². The van der Waals surface area contributed by atoms with Crippen LogP contribution in [0.2, 0.25) is 0 Å². The van der Waals surface area contributed by atoms with Gasteiger partial charge < -0.3 is 15.7 Å². The lowest BCUT2D eigenvalue weighted by Gasteiger charge is -2.03. The Bertz CT molecular complexity index is 68.9. The Morgan fingerprint density at radius 1 is 0.917 bits per heavy atom. The normalized spacial score (nSPS) is 10.5. The van der Waals surface area contributed by atoms with Crippen molar-refractivity contribution in [1.29, 1.82) is 0 Å². The molecular formula is C9H22N2O. The van der Waals surface area contributed by atoms with Crippen molar-refractivity contribution in [2.24, 2.45) is 0 Å². The Balaban J connectivity index is 2.73. The van der Waals surface area contributed by atoms with Gasteiger partial charge in [-0.2, -0.15) is 0 Å². The van der Waals surface area contributed by atoms with Crippen LogP contribution >= 0.6 is 0 Å². The summed E-state index contributed by atoms with van der Waals surface area (Å²) < 4.78 is 0. The zero-order chi connectivity index (χ0) is 9.07. The van der Waals surface area contributed by atoms with Crippen LogP contribution in [0.1, 0.15) is 25.7 Å². The summed E-state index contributed by atoms with van der Waals surface area (Å²) in [6.07, 6.45) is 4.45. The minimum atomic E-state index is 0.333. The van der Waals surface area contributed by atoms with Gasteiger partial charge in [0.15, 0.2) is 0 Å². The van der Waals surface area contributed by atoms with Gasteiger partial charge in [0.2, 0.25) is 0 Å². The molecule has 3 N–H and O–H groups in total. The zero-order valence-corrected chi connectivity index (χ0v) is 8.10. The van der Waals surface area contributed by atoms with Crippen LogP contribution < -0.4 is 10.6 Å². The predicted octanol–water partition coefficient (Wildman–Crippen LogP) is 0.348. The largest absolute Gasteiger partial charge is 0.396 e. The minimum absolute atomic E-state index is 0.333. The summed E-state index contributed by atoms with van der Waals surface area (Å²) in [7, 11) is 1.97. The number of unbranched alkanes of at least 4 members (excludes halogenated alkanes) is 2. The molecule has 3 heteroatoms. The first-order valence-corrected chi connectivity index (χ1v) is 4.88. The van der Waals surface area contributed by atoms with Crippen LogP contribution in [0.5, 0.6) is 0 Å². The van der Waals surface area contributed by atoms with Gasteiger partial charge in [-0.15, -0.1) is 0 Å². The number of rotatable bonds is 9. The van der Waals surface area contributed by atoms with Gasteiger partial charge in [0, 0.05) is 6.61 Å². The lowest BCUT2D eigenvalue weighted by Crippen LogP contribution is -2.20. The molecule has 0 aromatic carbocycles. The van der Waals surface area contributed by atoms with E-state index in [1.165, 1.54) is 12.8 Å². The number of nitrogens with one attached hydrogen (secondary N) is 2. The Morgan fingerprint density at radius 3 is 2.33 bits per heavy atom. The molecule has 0 spiro atoms. The highest BCUT2D eigenvalue weighted by Crippen LogP contribution is 1.91. The molecule has 0 aromatic heterocycles. The monoisotopic (exact) mass is 174 g/mol. The van der Waals surface area contributed by atoms with Crippen LogP contribution in [-0.4, -0.2) is 38.4 Å². The highest BCUT2D eigenvalue weighted by molar-refractivity contribution is 4.50. The van der Waals surface area contributed by atoms with Gasteiger partial charge in [0.1, 0.15) is 0 Å². The second kappa shape index (κ2) is 10.9. The number of aliphatic hydroxyl groups excluding tert-OH is 1. The molecule has 0 atom stereocenters. The summed E-state index contributed by atoms with van der Waals surface area (Å²) in [4.78, 5) is 0. The molecule has 0 unspecified atom stereocenters. The summed E-state index contributed by atoms with van der Waals surface area (Å²) in [6, 6.07) is 0. The summed E-state index contributed by atoms with van der Waals surface area (Å²) >= 11 is 0. The predicted molar refractivity (Wildman–Crippen MR) is 52.4 cm³/mol. The van der Waals surface area contributed by atoms with Gasteiger partial charge in [0.25, 0.3) is 0 Å². The average molecular weight is 174 g/mol. The van der Waals surface area contributed by atoms with E-state index in [0.717, 1.165) is 32.5 Å². The van der Waals surface area contributed by atoms with E-state index in [2.05, 4.69) is 10.6 Å². The maximum atomic E-state index is 8.51. The molecule has 0 radical (unpaired) electrons. The zero-order valence-electron chi connectivity index (χ0n) is 8.10. The van der Waals surface area contributed by atoms with Crippen LogP contribution in [0.4, 0.5) is 0 Å². The second-order valence-electron chi connectivity index (χ2n) is 2.99. The highest BCUT2D eigenvalue weighted by atomic mass is 16.2. The van der Waals surface area contributed by atoms with Gasteiger partial charge >= 0.3 is 0 Å². The molecule has 0 aromatic rings. The maximum Gasteiger partial charge on any atom is 0.0431 e. The first-order chi connectivity index (χ1) is 5.91. The third-order valence-corrected chi connectivity index (χ3v) is 1.79. The molecule has 3 nitrogen and oxygen atoms in total. The van der Waals surface area contributed by atoms with Crippen molar-refractivity contribution in [2.75, 3.05) is 33.3 Å². The van der Waals surface area contributed by atoms with Crippen molar-refractivity contribution in [2.45, 2.75) is 25.7 Å². The Kier molecular flexibility index (Phi) is 10.8. The van der Waals surface area contributed by atoms with E-state index in [1.54, 1.807) is 0 Å². The van der Waals surface area contributed by atoms with E-state index in [4.69, 9.17) is 5.11 Å². The van der Waals surface area contributed by atoms with Crippen molar-refractivity contribution in [3.63, 3.8) is 0 Å². The summed E-state index contributed by atoms with van der Waals surface area (Å²) in [6.45, 7) is 3.60. The lowest BCUT2D eigenvalue weighted by molar-refractivity contribution is 0.283. The van der Waals surface area contributed by atoms with E-state index in [-0.39, 0.29) is 0 Å². The van der Waals surface area contributed by atoms with Crippen molar-refractivity contribution < 1.29 is 5.11 Å². The summed E-state index contributed by atoms with van der Waals surface area (Å²) in [5, 5.41) is 15.0. The van der Waals surface area contributed by atoms with Crippen molar-refractivity contribution >= 4 is 0 Å². The molecule has 0 bridgehead atoms. The Hall–Kier alpha value is -0.120.